The minimum atomic E-state index is -2.43. The smallest absolute Gasteiger partial charge is 0.329 e. The summed E-state index contributed by atoms with van der Waals surface area (Å²) in [7, 11) is 5.24. The number of nitrogens with zero attached hydrogens (tertiary/aromatic N) is 2. The van der Waals surface area contributed by atoms with Gasteiger partial charge in [-0.2, -0.15) is 0 Å². The van der Waals surface area contributed by atoms with Crippen LogP contribution in [0.1, 0.15) is 251 Å². The van der Waals surface area contributed by atoms with Crippen molar-refractivity contribution in [2.45, 2.75) is 399 Å². The lowest BCUT2D eigenvalue weighted by Gasteiger charge is -2.42. The van der Waals surface area contributed by atoms with E-state index in [0.717, 1.165) is 36.8 Å². The first-order chi connectivity index (χ1) is 64.9. The zero-order valence-corrected chi connectivity index (χ0v) is 90.1. The highest BCUT2D eigenvalue weighted by Crippen LogP contribution is 2.43. The molecule has 6 aliphatic heterocycles. The molecule has 780 valence electrons. The maximum atomic E-state index is 14.7. The summed E-state index contributed by atoms with van der Waals surface area (Å²) < 4.78 is 73.2. The van der Waals surface area contributed by atoms with Gasteiger partial charge >= 0.3 is 11.9 Å². The van der Waals surface area contributed by atoms with E-state index in [1.54, 1.807) is 62.2 Å². The zero-order valence-electron chi connectivity index (χ0n) is 88.1. The number of Topliss-reactive ketones (excluding diaryl/α,β-unsaturated/α-hetero) is 6. The van der Waals surface area contributed by atoms with E-state index in [9.17, 15) is 68.4 Å². The monoisotopic (exact) mass is 1970 g/mol. The van der Waals surface area contributed by atoms with Gasteiger partial charge < -0.3 is 86.4 Å². The quantitative estimate of drug-likeness (QED) is 0.0482. The molecule has 0 aromatic carbocycles. The number of allylic oxidation sites excluding steroid dienone is 12. The second-order valence-corrected chi connectivity index (χ2v) is 52.5. The summed E-state index contributed by atoms with van der Waals surface area (Å²) in [6.07, 6.45) is 25.5. The molecule has 0 aromatic heterocycles. The molecule has 0 aromatic rings. The highest BCUT2D eigenvalue weighted by Gasteiger charge is 2.56. The Morgan fingerprint density at radius 2 is 0.833 bits per heavy atom. The third-order valence-corrected chi connectivity index (χ3v) is 31.9. The van der Waals surface area contributed by atoms with Gasteiger partial charge in [-0.25, -0.2) is 9.59 Å². The molecular weight excluding hydrogens is 1800 g/mol. The van der Waals surface area contributed by atoms with Gasteiger partial charge in [0.1, 0.15) is 54.2 Å². The van der Waals surface area contributed by atoms with E-state index >= 15 is 0 Å². The summed E-state index contributed by atoms with van der Waals surface area (Å²) >= 11 is 0. The molecule has 0 radical (unpaired) electrons. The molecule has 2 saturated carbocycles. The largest absolute Gasteiger partial charge is 0.460 e. The lowest BCUT2D eigenvalue weighted by Crippen LogP contribution is -2.61. The number of aliphatic hydroxyl groups excluding tert-OH is 2. The number of esters is 2. The van der Waals surface area contributed by atoms with Crippen LogP contribution in [0.15, 0.2) is 95.2 Å². The number of ketones is 6. The van der Waals surface area contributed by atoms with Crippen LogP contribution in [0.2, 0.25) is 39.3 Å². The number of aliphatic hydroxyl groups is 4. The number of fused-ring (bicyclic) bond motifs is 6. The Balaban J connectivity index is 0.000000378. The third-order valence-electron chi connectivity index (χ3n) is 29.9. The molecule has 30 atom stereocenters. The zero-order chi connectivity index (χ0) is 103. The summed E-state index contributed by atoms with van der Waals surface area (Å²) in [5, 5.41) is 45.9. The molecular formula is C108H174N2O26Si2. The van der Waals surface area contributed by atoms with Crippen molar-refractivity contribution in [3.8, 4) is 0 Å². The van der Waals surface area contributed by atoms with Gasteiger partial charge in [-0.3, -0.25) is 38.4 Å². The van der Waals surface area contributed by atoms with Gasteiger partial charge in [-0.15, -0.1) is 0 Å². The summed E-state index contributed by atoms with van der Waals surface area (Å²) in [6.45, 7) is 38.9. The lowest BCUT2D eigenvalue weighted by atomic mass is 9.78. The van der Waals surface area contributed by atoms with Crippen LogP contribution in [-0.2, 0) is 104 Å². The molecule has 6 heterocycles. The molecule has 4 saturated heterocycles. The van der Waals surface area contributed by atoms with Crippen molar-refractivity contribution in [3.63, 3.8) is 0 Å². The van der Waals surface area contributed by atoms with E-state index in [1.165, 1.54) is 24.0 Å². The van der Waals surface area contributed by atoms with Gasteiger partial charge in [0.25, 0.3) is 23.4 Å². The van der Waals surface area contributed by atoms with Crippen molar-refractivity contribution < 1.29 is 125 Å². The standard InChI is InChI=1S/C57H95NO13Si2.C51H79NO13/c1-36-22-18-17-19-23-37(2)48(65-8)34-44-27-25-42(7)57(64,69-44)54(61)55(62)58-29-21-20-24-45(58)56(63)68-49(39(4)32-43-26-28-47(50(33-43)66-9)70-72(11,12)13)35-46(59)38(3)31-41(6)52(71-73(14,15)16)53(67-10)51(60)40(5)30-36;1-30-16-12-11-13-17-31(2)42(61-8)28-38-21-19-36(7)51(60,65-38)48(57)49(58)52-23-15-14-18-39(52)50(59)64-43(33(4)26-37-20-22-40(53)44(27-37)62-9)29-41(54)32(3)25-35(6)46(56)47(63-10)45(55)34(5)24-30/h17-19,22-23,31,36,38-40,42-45,47-50,52-53,64H,20-21,24-30,32-35H2,1-16H3;11-13,16-17,25,30,32-34,36-40,42-44,46-47,53,56,60H,14-15,18-24,26-29H2,1-10H3/b19-17?,22-18+,37-23?,41-31+;13-11?,16-12+,31-17?,35-25+/t36-,38-,39-,40-,42-,43+,44+,45+,47-,48+,49+,50-,52-,53+,57-;30-,32-,33-,34-,36-,37+,38+,39+,40-,42+,43+,44-,46-,47+,51-/m11/s1. The van der Waals surface area contributed by atoms with Crippen LogP contribution in [0.4, 0.5) is 0 Å². The van der Waals surface area contributed by atoms with Crippen LogP contribution in [-0.4, -0.2) is 270 Å². The topological polar surface area (TPSA) is 369 Å². The Bertz CT molecular complexity index is 4270. The average Bonchev–Trinajstić information content (AvgIpc) is 0.772. The fourth-order valence-electron chi connectivity index (χ4n) is 21.3. The molecule has 6 fully saturated rings. The number of carbonyl (C=O) groups excluding carboxylic acids is 10. The molecule has 4 N–H and O–H groups in total. The van der Waals surface area contributed by atoms with E-state index < -0.39 is 172 Å². The van der Waals surface area contributed by atoms with Crippen LogP contribution in [0.3, 0.4) is 0 Å². The van der Waals surface area contributed by atoms with Gasteiger partial charge in [-0.05, 0) is 253 Å². The van der Waals surface area contributed by atoms with Crippen molar-refractivity contribution in [1.82, 2.24) is 9.80 Å². The van der Waals surface area contributed by atoms with Crippen molar-refractivity contribution in [1.29, 1.82) is 0 Å². The van der Waals surface area contributed by atoms with E-state index in [-0.39, 0.29) is 122 Å². The molecule has 2 aliphatic carbocycles. The fourth-order valence-corrected chi connectivity index (χ4v) is 23.6. The van der Waals surface area contributed by atoms with Crippen molar-refractivity contribution >= 4 is 75.1 Å². The van der Waals surface area contributed by atoms with Crippen molar-refractivity contribution in [3.05, 3.63) is 95.2 Å². The van der Waals surface area contributed by atoms with E-state index in [2.05, 4.69) is 52.3 Å². The molecule has 138 heavy (non-hydrogen) atoms. The molecule has 30 heteroatoms. The van der Waals surface area contributed by atoms with E-state index in [4.69, 9.17) is 56.2 Å². The number of rotatable bonds is 16. The Hall–Kier alpha value is -6.31. The molecule has 8 aliphatic rings. The maximum Gasteiger partial charge on any atom is 0.329 e. The van der Waals surface area contributed by atoms with Crippen LogP contribution < -0.4 is 0 Å². The lowest BCUT2D eigenvalue weighted by molar-refractivity contribution is -0.265. The predicted molar refractivity (Wildman–Crippen MR) is 535 cm³/mol. The molecule has 28 nitrogen and oxygen atoms in total. The molecule has 2 amide bonds. The summed E-state index contributed by atoms with van der Waals surface area (Å²) in [6, 6.07) is -2.25. The van der Waals surface area contributed by atoms with Gasteiger partial charge in [-0.1, -0.05) is 142 Å². The Labute approximate surface area is 826 Å². The number of cyclic esters (lactones) is 2. The Morgan fingerprint density at radius 3 is 1.24 bits per heavy atom. The number of hydrogen-bond donors (Lipinski definition) is 4. The number of hydrogen-bond acceptors (Lipinski definition) is 26. The van der Waals surface area contributed by atoms with E-state index in [1.807, 2.05) is 123 Å². The number of methoxy groups -OCH3 is 6. The summed E-state index contributed by atoms with van der Waals surface area (Å²) in [4.78, 5) is 145. The van der Waals surface area contributed by atoms with Crippen molar-refractivity contribution in [2.75, 3.05) is 55.7 Å². The third kappa shape index (κ3) is 33.9. The second kappa shape index (κ2) is 55.1. The molecule has 0 unspecified atom stereocenters. The first-order valence-electron chi connectivity index (χ1n) is 51.2. The fraction of sp³-hybridized carbons (Fsp3) is 0.759. The van der Waals surface area contributed by atoms with E-state index in [0.29, 0.717) is 114 Å². The highest BCUT2D eigenvalue weighted by molar-refractivity contribution is 6.70. The van der Waals surface area contributed by atoms with Crippen LogP contribution in [0.5, 0.6) is 0 Å². The number of ether oxygens (including phenoxy) is 10. The van der Waals surface area contributed by atoms with Crippen LogP contribution >= 0.6 is 0 Å². The SMILES string of the molecule is CO[C@H]1C[C@@H]2CC[C@@H](C)[C@@](O)(O2)C(=O)C(=O)N2CCCC[C@H]2C(=O)O[C@H]([C@H](C)C[C@@H]2CC[C@@H](O)[C@H](OC)C2)CC(=O)[C@H](C)/C=C(\C)[C@@H](O)[C@@H](OC)C(=O)[C@H](C)C[C@H](C)/C=C/C=CC=C1C.CO[C@H]1C[C@@H]2CC[C@@H](C)[C@@](O)(O2)C(=O)C(=O)N2CCCC[C@H]2C(=O)O[C@H]([C@H](C)C[C@@H]2CC[C@@H](O[Si](C)(C)C)[C@H](OC)C2)CC(=O)[C@H](C)/C=C(\C)[C@@H](O[Si](C)(C)C)[C@@H](OC)C(=O)[C@H](C)C[C@H](C)/C=C/C=CC=C1C. The van der Waals surface area contributed by atoms with Gasteiger partial charge in [0.2, 0.25) is 11.6 Å². The molecule has 0 spiro atoms. The minimum absolute atomic E-state index is 0.00537. The summed E-state index contributed by atoms with van der Waals surface area (Å²) in [5.74, 6) is -15.1. The normalized spacial score (nSPS) is 37.8. The van der Waals surface area contributed by atoms with Gasteiger partial charge in [0, 0.05) is 117 Å². The highest BCUT2D eigenvalue weighted by atomic mass is 28.4. The Kier molecular flexibility index (Phi) is 47.4. The number of amides is 2. The van der Waals surface area contributed by atoms with Crippen molar-refractivity contribution in [2.24, 2.45) is 71.0 Å². The van der Waals surface area contributed by atoms with Gasteiger partial charge in [0.05, 0.1) is 54.9 Å². The minimum Gasteiger partial charge on any atom is -0.460 e. The number of piperidine rings is 2. The van der Waals surface area contributed by atoms with Crippen LogP contribution in [0, 0.1) is 71.0 Å². The number of carbonyl (C=O) groups is 10. The first kappa shape index (κ1) is 119. The Morgan fingerprint density at radius 1 is 0.428 bits per heavy atom. The molecule has 8 rings (SSSR count). The van der Waals surface area contributed by atoms with Crippen LogP contribution in [0.25, 0.3) is 0 Å². The van der Waals surface area contributed by atoms with Gasteiger partial charge in [0.15, 0.2) is 28.2 Å². The first-order valence-corrected chi connectivity index (χ1v) is 58.0. The summed E-state index contributed by atoms with van der Waals surface area (Å²) in [5.41, 5.74) is 2.87. The second-order valence-electron chi connectivity index (χ2n) is 43.6. The molecule has 4 bridgehead atoms. The maximum absolute atomic E-state index is 14.7. The predicted octanol–water partition coefficient (Wildman–Crippen LogP) is 16.1. The average molecular weight is 1970 g/mol.